The van der Waals surface area contributed by atoms with Gasteiger partial charge >= 0.3 is 0 Å². The summed E-state index contributed by atoms with van der Waals surface area (Å²) in [5.74, 6) is 3.56. The van der Waals surface area contributed by atoms with Crippen LogP contribution in [0.25, 0.3) is 0 Å². The molecule has 0 bridgehead atoms. The zero-order valence-corrected chi connectivity index (χ0v) is 10.9. The van der Waals surface area contributed by atoms with Gasteiger partial charge in [0.05, 0.1) is 0 Å². The molecule has 1 saturated heterocycles. The van der Waals surface area contributed by atoms with Crippen LogP contribution in [-0.2, 0) is 4.79 Å². The van der Waals surface area contributed by atoms with Gasteiger partial charge in [0.1, 0.15) is 5.78 Å². The Morgan fingerprint density at radius 3 is 2.73 bits per heavy atom. The van der Waals surface area contributed by atoms with Gasteiger partial charge in [0.25, 0.3) is 0 Å². The lowest BCUT2D eigenvalue weighted by Gasteiger charge is -2.24. The molecule has 1 nitrogen and oxygen atoms in total. The normalized spacial score (nSPS) is 27.1. The molecule has 0 spiro atoms. The molecule has 1 aliphatic heterocycles. The van der Waals surface area contributed by atoms with Crippen molar-refractivity contribution in [2.45, 2.75) is 39.0 Å². The van der Waals surface area contributed by atoms with Crippen molar-refractivity contribution in [3.8, 4) is 0 Å². The molecule has 1 aliphatic carbocycles. The minimum atomic E-state index is 0.478. The third-order valence-corrected chi connectivity index (χ3v) is 6.00. The Morgan fingerprint density at radius 1 is 1.40 bits per heavy atom. The number of carbonyl (C=O) groups excluding carboxylic acids is 1. The van der Waals surface area contributed by atoms with Crippen LogP contribution in [0.3, 0.4) is 0 Å². The molecule has 0 aromatic carbocycles. The lowest BCUT2D eigenvalue weighted by atomic mass is 9.83. The minimum Gasteiger partial charge on any atom is -0.300 e. The molecule has 0 aromatic rings. The van der Waals surface area contributed by atoms with Crippen LogP contribution in [0.4, 0.5) is 0 Å². The Kier molecular flexibility index (Phi) is 4.21. The molecular weight excluding hydrogens is 224 g/mol. The molecule has 0 amide bonds. The number of rotatable bonds is 2. The van der Waals surface area contributed by atoms with E-state index >= 15 is 0 Å². The van der Waals surface area contributed by atoms with Gasteiger partial charge in [-0.25, -0.2) is 0 Å². The molecule has 0 N–H and O–H groups in total. The summed E-state index contributed by atoms with van der Waals surface area (Å²) in [4.78, 5) is 11.5. The lowest BCUT2D eigenvalue weighted by molar-refractivity contribution is -0.121. The highest BCUT2D eigenvalue weighted by Gasteiger charge is 2.25. The fourth-order valence-electron chi connectivity index (χ4n) is 2.42. The van der Waals surface area contributed by atoms with E-state index in [1.165, 1.54) is 22.2 Å². The van der Waals surface area contributed by atoms with Crippen molar-refractivity contribution < 1.29 is 4.79 Å². The smallest absolute Gasteiger partial charge is 0.133 e. The van der Waals surface area contributed by atoms with Crippen molar-refractivity contribution in [1.29, 1.82) is 0 Å². The van der Waals surface area contributed by atoms with Gasteiger partial charge in [0.15, 0.2) is 0 Å². The highest BCUT2D eigenvalue weighted by Crippen LogP contribution is 2.44. The monoisotopic (exact) mass is 242 g/mol. The van der Waals surface area contributed by atoms with E-state index in [1.54, 1.807) is 5.57 Å². The Hall–Kier alpha value is 0.110. The van der Waals surface area contributed by atoms with Crippen molar-refractivity contribution in [2.75, 3.05) is 11.5 Å². The average molecular weight is 242 g/mol. The van der Waals surface area contributed by atoms with Crippen molar-refractivity contribution in [2.24, 2.45) is 5.92 Å². The first kappa shape index (κ1) is 11.6. The Balaban J connectivity index is 2.11. The van der Waals surface area contributed by atoms with Crippen LogP contribution in [0.15, 0.2) is 9.81 Å². The van der Waals surface area contributed by atoms with E-state index in [0.717, 1.165) is 25.7 Å². The summed E-state index contributed by atoms with van der Waals surface area (Å²) in [6.45, 7) is 2.24. The number of thioether (sulfide) groups is 2. The minimum absolute atomic E-state index is 0.478. The van der Waals surface area contributed by atoms with Crippen molar-refractivity contribution in [3.63, 3.8) is 0 Å². The summed E-state index contributed by atoms with van der Waals surface area (Å²) in [5.41, 5.74) is 1.58. The van der Waals surface area contributed by atoms with Crippen LogP contribution in [-0.4, -0.2) is 17.3 Å². The van der Waals surface area contributed by atoms with E-state index in [9.17, 15) is 4.79 Å². The molecule has 1 unspecified atom stereocenters. The Morgan fingerprint density at radius 2 is 2.13 bits per heavy atom. The zero-order valence-electron chi connectivity index (χ0n) is 9.25. The molecular formula is C12H18OS2. The summed E-state index contributed by atoms with van der Waals surface area (Å²) >= 11 is 4.00. The molecule has 84 valence electrons. The standard InChI is InChI=1S/C12H18OS2/c1-2-11(12-14-6-7-15-12)9-4-3-5-10(13)8-9/h9H,2-8H2,1H3. The number of allylic oxidation sites excluding steroid dienone is 1. The molecule has 1 saturated carbocycles. The van der Waals surface area contributed by atoms with Gasteiger partial charge in [0, 0.05) is 28.6 Å². The largest absolute Gasteiger partial charge is 0.300 e. The number of hydrogen-bond acceptors (Lipinski definition) is 3. The maximum atomic E-state index is 11.5. The molecule has 1 heterocycles. The van der Waals surface area contributed by atoms with Crippen molar-refractivity contribution >= 4 is 29.3 Å². The molecule has 2 aliphatic rings. The summed E-state index contributed by atoms with van der Waals surface area (Å²) in [7, 11) is 0. The Bertz CT molecular complexity index is 275. The van der Waals surface area contributed by atoms with Gasteiger partial charge in [-0.3, -0.25) is 4.79 Å². The van der Waals surface area contributed by atoms with E-state index in [4.69, 9.17) is 0 Å². The van der Waals surface area contributed by atoms with Gasteiger partial charge < -0.3 is 0 Å². The lowest BCUT2D eigenvalue weighted by Crippen LogP contribution is -2.17. The SMILES string of the molecule is CCC(=C1SCCS1)C1CCCC(=O)C1. The first-order valence-corrected chi connectivity index (χ1v) is 7.78. The Labute approximate surface area is 100 Å². The first-order valence-electron chi connectivity index (χ1n) is 5.81. The molecule has 2 fully saturated rings. The molecule has 1 atom stereocenters. The summed E-state index contributed by atoms with van der Waals surface area (Å²) in [5, 5.41) is 0. The number of carbonyl (C=O) groups is 1. The van der Waals surface area contributed by atoms with Crippen molar-refractivity contribution in [3.05, 3.63) is 9.81 Å². The fourth-order valence-corrected chi connectivity index (χ4v) is 5.28. The quantitative estimate of drug-likeness (QED) is 0.732. The van der Waals surface area contributed by atoms with Crippen molar-refractivity contribution in [1.82, 2.24) is 0 Å². The van der Waals surface area contributed by atoms with Crippen LogP contribution < -0.4 is 0 Å². The second kappa shape index (κ2) is 5.44. The zero-order chi connectivity index (χ0) is 10.7. The maximum Gasteiger partial charge on any atom is 0.133 e. The first-order chi connectivity index (χ1) is 7.31. The van der Waals surface area contributed by atoms with Crippen LogP contribution in [0, 0.1) is 5.92 Å². The van der Waals surface area contributed by atoms with Gasteiger partial charge in [-0.1, -0.05) is 6.92 Å². The van der Waals surface area contributed by atoms with E-state index in [-0.39, 0.29) is 0 Å². The van der Waals surface area contributed by atoms with E-state index in [0.29, 0.717) is 11.7 Å². The van der Waals surface area contributed by atoms with Gasteiger partial charge in [-0.2, -0.15) is 0 Å². The molecule has 0 radical (unpaired) electrons. The van der Waals surface area contributed by atoms with E-state index in [1.807, 2.05) is 23.5 Å². The molecule has 2 rings (SSSR count). The number of Topliss-reactive ketones (excluding diaryl/α,β-unsaturated/α-hetero) is 1. The predicted molar refractivity (Wildman–Crippen MR) is 69.2 cm³/mol. The summed E-state index contributed by atoms with van der Waals surface area (Å²) in [6.07, 6.45) is 5.11. The predicted octanol–water partition coefficient (Wildman–Crippen LogP) is 3.85. The highest BCUT2D eigenvalue weighted by atomic mass is 32.2. The number of ketones is 1. The highest BCUT2D eigenvalue weighted by molar-refractivity contribution is 8.25. The van der Waals surface area contributed by atoms with Crippen LogP contribution >= 0.6 is 23.5 Å². The summed E-state index contributed by atoms with van der Waals surface area (Å²) in [6, 6.07) is 0. The average Bonchev–Trinajstić information content (AvgIpc) is 2.72. The van der Waals surface area contributed by atoms with E-state index in [2.05, 4.69) is 6.92 Å². The van der Waals surface area contributed by atoms with Gasteiger partial charge in [-0.05, 0) is 30.8 Å². The van der Waals surface area contributed by atoms with Gasteiger partial charge in [0.2, 0.25) is 0 Å². The third kappa shape index (κ3) is 2.82. The second-order valence-electron chi connectivity index (χ2n) is 4.20. The molecule has 0 aromatic heterocycles. The topological polar surface area (TPSA) is 17.1 Å². The summed E-state index contributed by atoms with van der Waals surface area (Å²) < 4.78 is 1.54. The van der Waals surface area contributed by atoms with Crippen LogP contribution in [0.5, 0.6) is 0 Å². The number of hydrogen-bond donors (Lipinski definition) is 0. The maximum absolute atomic E-state index is 11.5. The molecule has 15 heavy (non-hydrogen) atoms. The van der Waals surface area contributed by atoms with Gasteiger partial charge in [-0.15, -0.1) is 23.5 Å². The van der Waals surface area contributed by atoms with Crippen LogP contribution in [0.1, 0.15) is 39.0 Å². The molecule has 3 heteroatoms. The fraction of sp³-hybridized carbons (Fsp3) is 0.750. The van der Waals surface area contributed by atoms with Crippen LogP contribution in [0.2, 0.25) is 0 Å². The third-order valence-electron chi connectivity index (χ3n) is 3.17. The van der Waals surface area contributed by atoms with E-state index < -0.39 is 0 Å². The second-order valence-corrected chi connectivity index (χ2v) is 6.66.